The van der Waals surface area contributed by atoms with Crippen molar-refractivity contribution >= 4 is 54.7 Å². The molecule has 0 unspecified atom stereocenters. The Balaban J connectivity index is 1.41. The van der Waals surface area contributed by atoms with Crippen molar-refractivity contribution in [1.29, 1.82) is 0 Å². The van der Waals surface area contributed by atoms with Crippen molar-refractivity contribution in [2.45, 2.75) is 68.8 Å². The molecule has 210 valence electrons. The van der Waals surface area contributed by atoms with Crippen LogP contribution in [0.25, 0.3) is 10.2 Å². The van der Waals surface area contributed by atoms with Crippen molar-refractivity contribution < 1.29 is 22.7 Å². The Morgan fingerprint density at radius 2 is 1.90 bits per heavy atom. The van der Waals surface area contributed by atoms with Gasteiger partial charge in [0.25, 0.3) is 5.91 Å². The summed E-state index contributed by atoms with van der Waals surface area (Å²) in [5.41, 5.74) is 1.74. The number of sulfonamides is 1. The van der Waals surface area contributed by atoms with Crippen LogP contribution in [-0.2, 0) is 10.0 Å². The molecule has 10 nitrogen and oxygen atoms in total. The minimum absolute atomic E-state index is 0.233. The SMILES string of the molecule is CC(C)(O)[C@H](F)CNC(=O)c1cnc(Nc2ccc3ncsc3c2)cc1NC12CCC(NS(C)(=O)=O)(CC1)C2. The van der Waals surface area contributed by atoms with Crippen LogP contribution in [0.2, 0.25) is 0 Å². The first-order chi connectivity index (χ1) is 18.2. The smallest absolute Gasteiger partial charge is 0.255 e. The van der Waals surface area contributed by atoms with Gasteiger partial charge in [0.15, 0.2) is 0 Å². The fraction of sp³-hybridized carbons (Fsp3) is 0.500. The van der Waals surface area contributed by atoms with Gasteiger partial charge in [-0.2, -0.15) is 0 Å². The number of carbonyl (C=O) groups excluding carboxylic acids is 1. The van der Waals surface area contributed by atoms with Crippen molar-refractivity contribution in [3.05, 3.63) is 41.5 Å². The molecule has 1 atom stereocenters. The molecule has 0 radical (unpaired) electrons. The molecule has 2 bridgehead atoms. The molecule has 2 aliphatic rings. The van der Waals surface area contributed by atoms with E-state index in [2.05, 4.69) is 30.6 Å². The monoisotopic (exact) mass is 576 g/mol. The van der Waals surface area contributed by atoms with E-state index in [1.807, 2.05) is 18.2 Å². The van der Waals surface area contributed by atoms with Gasteiger partial charge in [0.2, 0.25) is 10.0 Å². The molecule has 0 saturated heterocycles. The number of carbonyl (C=O) groups is 1. The zero-order valence-corrected chi connectivity index (χ0v) is 23.7. The molecule has 0 aliphatic heterocycles. The Hall–Kier alpha value is -2.87. The van der Waals surface area contributed by atoms with Gasteiger partial charge in [0, 0.05) is 29.0 Å². The van der Waals surface area contributed by atoms with Gasteiger partial charge in [-0.15, -0.1) is 11.3 Å². The highest BCUT2D eigenvalue weighted by Gasteiger charge is 2.55. The maximum absolute atomic E-state index is 14.3. The van der Waals surface area contributed by atoms with E-state index in [9.17, 15) is 22.7 Å². The van der Waals surface area contributed by atoms with E-state index in [4.69, 9.17) is 0 Å². The number of aliphatic hydroxyl groups is 1. The second-order valence-corrected chi connectivity index (χ2v) is 14.0. The van der Waals surface area contributed by atoms with Crippen molar-refractivity contribution in [2.75, 3.05) is 23.4 Å². The lowest BCUT2D eigenvalue weighted by Gasteiger charge is -2.30. The van der Waals surface area contributed by atoms with Crippen LogP contribution in [0.3, 0.4) is 0 Å². The quantitative estimate of drug-likeness (QED) is 0.246. The molecule has 3 aromatic rings. The van der Waals surface area contributed by atoms with Gasteiger partial charge in [-0.25, -0.2) is 27.5 Å². The van der Waals surface area contributed by atoms with Crippen LogP contribution in [-0.4, -0.2) is 65.1 Å². The molecular formula is C26H33FN6O4S2. The molecule has 0 spiro atoms. The van der Waals surface area contributed by atoms with Gasteiger partial charge < -0.3 is 21.1 Å². The lowest BCUT2D eigenvalue weighted by molar-refractivity contribution is -0.00177. The third-order valence-electron chi connectivity index (χ3n) is 7.60. The summed E-state index contributed by atoms with van der Waals surface area (Å²) < 4.78 is 42.2. The van der Waals surface area contributed by atoms with Gasteiger partial charge in [-0.3, -0.25) is 4.79 Å². The predicted octanol–water partition coefficient (Wildman–Crippen LogP) is 3.69. The number of nitrogens with one attached hydrogen (secondary N) is 4. The van der Waals surface area contributed by atoms with E-state index < -0.39 is 38.8 Å². The molecule has 2 aliphatic carbocycles. The zero-order valence-electron chi connectivity index (χ0n) is 22.0. The first kappa shape index (κ1) is 27.7. The maximum atomic E-state index is 14.3. The molecular weight excluding hydrogens is 543 g/mol. The Bertz CT molecular complexity index is 1500. The lowest BCUT2D eigenvalue weighted by Crippen LogP contribution is -2.44. The first-order valence-corrected chi connectivity index (χ1v) is 15.5. The normalized spacial score (nSPS) is 23.6. The summed E-state index contributed by atoms with van der Waals surface area (Å²) in [7, 11) is -3.37. The summed E-state index contributed by atoms with van der Waals surface area (Å²) in [6, 6.07) is 7.52. The van der Waals surface area contributed by atoms with E-state index in [0.717, 1.165) is 28.7 Å². The highest BCUT2D eigenvalue weighted by Crippen LogP contribution is 2.52. The van der Waals surface area contributed by atoms with Crippen molar-refractivity contribution in [2.24, 2.45) is 0 Å². The topological polar surface area (TPSA) is 145 Å². The summed E-state index contributed by atoms with van der Waals surface area (Å²) in [5.74, 6) is -0.0202. The number of alkyl halides is 1. The number of aromatic nitrogens is 2. The Morgan fingerprint density at radius 1 is 1.18 bits per heavy atom. The minimum atomic E-state index is -3.37. The van der Waals surface area contributed by atoms with Crippen LogP contribution in [0.4, 0.5) is 21.6 Å². The summed E-state index contributed by atoms with van der Waals surface area (Å²) in [4.78, 5) is 21.9. The van der Waals surface area contributed by atoms with E-state index in [0.29, 0.717) is 30.8 Å². The number of hydrogen-bond acceptors (Lipinski definition) is 9. The number of fused-ring (bicyclic) bond motifs is 3. The maximum Gasteiger partial charge on any atom is 0.255 e. The van der Waals surface area contributed by atoms with Crippen LogP contribution >= 0.6 is 11.3 Å². The standard InChI is InChI=1S/C26H33FN6O4S2/c1-24(2,35)21(27)13-29-23(34)17-12-28-22(31-16-4-5-18-20(10-16)38-15-30-18)11-19(17)32-25-6-8-26(14-25,9-7-25)33-39(3,36)37/h4-5,10-12,15,21,33,35H,6-9,13-14H2,1-3H3,(H,29,34)(H2,28,31,32)/t21-,25?,26?/m1/s1. The molecule has 2 saturated carbocycles. The highest BCUT2D eigenvalue weighted by molar-refractivity contribution is 7.88. The van der Waals surface area contributed by atoms with Gasteiger partial charge in [-0.1, -0.05) is 0 Å². The molecule has 39 heavy (non-hydrogen) atoms. The number of thiazole rings is 1. The molecule has 2 fully saturated rings. The second-order valence-electron chi connectivity index (χ2n) is 11.3. The molecule has 1 aromatic carbocycles. The van der Waals surface area contributed by atoms with Crippen LogP contribution < -0.4 is 20.7 Å². The fourth-order valence-electron chi connectivity index (χ4n) is 5.61. The van der Waals surface area contributed by atoms with Crippen LogP contribution in [0.15, 0.2) is 36.0 Å². The number of benzene rings is 1. The van der Waals surface area contributed by atoms with Crippen molar-refractivity contribution in [3.8, 4) is 0 Å². The Morgan fingerprint density at radius 3 is 2.59 bits per heavy atom. The average molecular weight is 577 g/mol. The third-order valence-corrected chi connectivity index (χ3v) is 9.20. The zero-order chi connectivity index (χ0) is 28.1. The number of anilines is 3. The van der Waals surface area contributed by atoms with Gasteiger partial charge in [-0.05, 0) is 64.2 Å². The number of nitrogens with zero attached hydrogens (tertiary/aromatic N) is 2. The third kappa shape index (κ3) is 6.16. The minimum Gasteiger partial charge on any atom is -0.387 e. The van der Waals surface area contributed by atoms with Crippen molar-refractivity contribution in [1.82, 2.24) is 20.0 Å². The van der Waals surface area contributed by atoms with Gasteiger partial charge >= 0.3 is 0 Å². The molecule has 2 aromatic heterocycles. The molecule has 2 heterocycles. The van der Waals surface area contributed by atoms with Crippen molar-refractivity contribution in [3.63, 3.8) is 0 Å². The molecule has 5 N–H and O–H groups in total. The molecule has 13 heteroatoms. The summed E-state index contributed by atoms with van der Waals surface area (Å²) in [5, 5.41) is 19.3. The summed E-state index contributed by atoms with van der Waals surface area (Å²) in [6.45, 7) is 2.33. The highest BCUT2D eigenvalue weighted by atomic mass is 32.2. The Kier molecular flexibility index (Phi) is 7.06. The lowest BCUT2D eigenvalue weighted by atomic mass is 9.91. The van der Waals surface area contributed by atoms with Gasteiger partial charge in [0.05, 0.1) is 45.4 Å². The average Bonchev–Trinajstić information content (AvgIpc) is 3.53. The predicted molar refractivity (Wildman–Crippen MR) is 151 cm³/mol. The molecule has 1 amide bonds. The summed E-state index contributed by atoms with van der Waals surface area (Å²) in [6.07, 6.45) is 4.39. The van der Waals surface area contributed by atoms with Gasteiger partial charge in [0.1, 0.15) is 12.0 Å². The number of rotatable bonds is 10. The van der Waals surface area contributed by atoms with E-state index in [1.165, 1.54) is 37.6 Å². The van der Waals surface area contributed by atoms with E-state index >= 15 is 0 Å². The van der Waals surface area contributed by atoms with E-state index in [1.54, 1.807) is 11.6 Å². The number of halogens is 1. The number of amides is 1. The number of hydrogen-bond donors (Lipinski definition) is 5. The summed E-state index contributed by atoms with van der Waals surface area (Å²) >= 11 is 1.53. The Labute approximate surface area is 230 Å². The molecule has 5 rings (SSSR count). The van der Waals surface area contributed by atoms with Crippen LogP contribution in [0, 0.1) is 0 Å². The number of pyridine rings is 1. The van der Waals surface area contributed by atoms with Crippen LogP contribution in [0.5, 0.6) is 0 Å². The fourth-order valence-corrected chi connectivity index (χ4v) is 7.39. The van der Waals surface area contributed by atoms with Crippen LogP contribution in [0.1, 0.15) is 56.3 Å². The largest absolute Gasteiger partial charge is 0.387 e. The second kappa shape index (κ2) is 9.95. The van der Waals surface area contributed by atoms with E-state index in [-0.39, 0.29) is 12.1 Å². The first-order valence-electron chi connectivity index (χ1n) is 12.8.